The number of aliphatic carboxylic acids is 1. The maximum absolute atomic E-state index is 13.9. The lowest BCUT2D eigenvalue weighted by atomic mass is 9.60. The van der Waals surface area contributed by atoms with E-state index >= 15 is 0 Å². The standard InChI is InChI=1S/C19H20F10O6/c20-16(21)7-33-10-1-9-2-11(34-8-17(16,22)23)5-14(3-9,4-10)13(32)35-15(6-12(30)31,18(24,25)26)19(27,28)29/h9-11H,1-8H2,(H,30,31). The highest BCUT2D eigenvalue weighted by atomic mass is 19.4. The summed E-state index contributed by atoms with van der Waals surface area (Å²) < 4.78 is 151. The van der Waals surface area contributed by atoms with Crippen LogP contribution in [0.4, 0.5) is 43.9 Å². The second-order valence-electron chi connectivity index (χ2n) is 9.29. The minimum atomic E-state index is -6.39. The molecule has 0 aromatic carbocycles. The quantitative estimate of drug-likeness (QED) is 0.423. The lowest BCUT2D eigenvalue weighted by Gasteiger charge is -2.49. The molecule has 0 aromatic rings. The molecule has 16 heteroatoms. The molecule has 4 bridgehead atoms. The highest BCUT2D eigenvalue weighted by Crippen LogP contribution is 2.55. The van der Waals surface area contributed by atoms with Crippen molar-refractivity contribution >= 4 is 11.9 Å². The first-order chi connectivity index (χ1) is 15.7. The van der Waals surface area contributed by atoms with Crippen molar-refractivity contribution in [1.82, 2.24) is 0 Å². The van der Waals surface area contributed by atoms with Crippen LogP contribution in [0.5, 0.6) is 0 Å². The van der Waals surface area contributed by atoms with E-state index < -0.39 is 97.8 Å². The van der Waals surface area contributed by atoms with Crippen LogP contribution in [-0.2, 0) is 23.8 Å². The van der Waals surface area contributed by atoms with Gasteiger partial charge in [-0.15, -0.1) is 0 Å². The van der Waals surface area contributed by atoms with E-state index in [-0.39, 0.29) is 19.3 Å². The maximum Gasteiger partial charge on any atom is 0.438 e. The number of carbonyl (C=O) groups excluding carboxylic acids is 1. The predicted molar refractivity (Wildman–Crippen MR) is 91.6 cm³/mol. The van der Waals surface area contributed by atoms with Crippen LogP contribution >= 0.6 is 0 Å². The first-order valence-corrected chi connectivity index (χ1v) is 10.3. The molecule has 2 aliphatic heterocycles. The summed E-state index contributed by atoms with van der Waals surface area (Å²) >= 11 is 0. The van der Waals surface area contributed by atoms with Crippen molar-refractivity contribution in [3.63, 3.8) is 0 Å². The average molecular weight is 534 g/mol. The molecule has 0 radical (unpaired) electrons. The van der Waals surface area contributed by atoms with Crippen molar-refractivity contribution in [3.05, 3.63) is 0 Å². The molecule has 202 valence electrons. The van der Waals surface area contributed by atoms with Crippen molar-refractivity contribution in [2.24, 2.45) is 11.3 Å². The van der Waals surface area contributed by atoms with Gasteiger partial charge in [-0.1, -0.05) is 0 Å². The minimum Gasteiger partial charge on any atom is -0.481 e. The molecule has 2 heterocycles. The topological polar surface area (TPSA) is 82.1 Å². The minimum absolute atomic E-state index is 0.0879. The third-order valence-electron chi connectivity index (χ3n) is 6.66. The number of hydrogen-bond acceptors (Lipinski definition) is 5. The van der Waals surface area contributed by atoms with Gasteiger partial charge in [-0.25, -0.2) is 0 Å². The summed E-state index contributed by atoms with van der Waals surface area (Å²) in [5.74, 6) is -14.8. The second-order valence-corrected chi connectivity index (χ2v) is 9.29. The fourth-order valence-electron chi connectivity index (χ4n) is 5.00. The van der Waals surface area contributed by atoms with Gasteiger partial charge in [-0.2, -0.15) is 43.9 Å². The van der Waals surface area contributed by atoms with E-state index in [9.17, 15) is 53.5 Å². The number of hydrogen-bond donors (Lipinski definition) is 1. The molecule has 0 spiro atoms. The zero-order valence-electron chi connectivity index (χ0n) is 17.7. The van der Waals surface area contributed by atoms with Crippen LogP contribution in [0.3, 0.4) is 0 Å². The fourth-order valence-corrected chi connectivity index (χ4v) is 5.00. The Bertz CT molecular complexity index is 795. The van der Waals surface area contributed by atoms with Crippen LogP contribution in [0.25, 0.3) is 0 Å². The number of alkyl halides is 10. The van der Waals surface area contributed by atoms with Gasteiger partial charge in [0, 0.05) is 0 Å². The van der Waals surface area contributed by atoms with Crippen LogP contribution < -0.4 is 0 Å². The van der Waals surface area contributed by atoms with E-state index in [2.05, 4.69) is 4.74 Å². The number of rotatable bonds is 4. The molecular formula is C19H20F10O6. The van der Waals surface area contributed by atoms with Crippen molar-refractivity contribution in [3.8, 4) is 0 Å². The van der Waals surface area contributed by atoms with Crippen LogP contribution in [0, 0.1) is 11.3 Å². The highest BCUT2D eigenvalue weighted by Gasteiger charge is 2.76. The van der Waals surface area contributed by atoms with Gasteiger partial charge in [0.2, 0.25) is 0 Å². The number of carboxylic acid groups (broad SMARTS) is 1. The summed E-state index contributed by atoms with van der Waals surface area (Å²) in [6.07, 6.45) is -20.2. The smallest absolute Gasteiger partial charge is 0.438 e. The number of halogens is 10. The molecule has 2 atom stereocenters. The Morgan fingerprint density at radius 3 is 1.63 bits per heavy atom. The monoisotopic (exact) mass is 534 g/mol. The molecule has 4 aliphatic rings. The van der Waals surface area contributed by atoms with Crippen LogP contribution in [0.15, 0.2) is 0 Å². The zero-order chi connectivity index (χ0) is 26.7. The SMILES string of the molecule is O=C(O)CC(OC(=O)C12CC3CC(C1)OCC(F)(F)C(F)(F)COC(C3)C2)(C(F)(F)F)C(F)(F)F. The van der Waals surface area contributed by atoms with Gasteiger partial charge in [0.05, 0.1) is 17.6 Å². The van der Waals surface area contributed by atoms with E-state index in [4.69, 9.17) is 14.6 Å². The maximum atomic E-state index is 13.9. The Balaban J connectivity index is 2.00. The predicted octanol–water partition coefficient (Wildman–Crippen LogP) is 4.50. The number of fused-ring (bicyclic) bond motifs is 5. The molecule has 2 aliphatic carbocycles. The van der Waals surface area contributed by atoms with Gasteiger partial charge in [0.15, 0.2) is 0 Å². The summed E-state index contributed by atoms with van der Waals surface area (Å²) in [4.78, 5) is 23.9. The number of ether oxygens (including phenoxy) is 3. The van der Waals surface area contributed by atoms with E-state index in [1.807, 2.05) is 0 Å². The summed E-state index contributed by atoms with van der Waals surface area (Å²) in [5.41, 5.74) is -7.60. The summed E-state index contributed by atoms with van der Waals surface area (Å²) in [7, 11) is 0. The van der Waals surface area contributed by atoms with Crippen LogP contribution in [0.2, 0.25) is 0 Å². The third kappa shape index (κ3) is 5.04. The molecule has 4 rings (SSSR count). The lowest BCUT2D eigenvalue weighted by Crippen LogP contribution is -2.63. The molecular weight excluding hydrogens is 514 g/mol. The molecule has 2 saturated heterocycles. The Kier molecular flexibility index (Phi) is 6.84. The van der Waals surface area contributed by atoms with E-state index in [1.54, 1.807) is 0 Å². The first kappa shape index (κ1) is 27.7. The highest BCUT2D eigenvalue weighted by molar-refractivity contribution is 5.79. The van der Waals surface area contributed by atoms with Crippen molar-refractivity contribution in [2.75, 3.05) is 13.2 Å². The van der Waals surface area contributed by atoms with Gasteiger partial charge in [0.1, 0.15) is 19.6 Å². The Morgan fingerprint density at radius 2 is 1.26 bits per heavy atom. The Labute approximate surface area is 190 Å². The Hall–Kier alpha value is -1.84. The summed E-state index contributed by atoms with van der Waals surface area (Å²) in [6.45, 7) is -3.66. The second kappa shape index (κ2) is 8.63. The molecule has 1 N–H and O–H groups in total. The summed E-state index contributed by atoms with van der Waals surface area (Å²) in [6, 6.07) is 0. The molecule has 35 heavy (non-hydrogen) atoms. The van der Waals surface area contributed by atoms with Gasteiger partial charge in [-0.3, -0.25) is 9.59 Å². The molecule has 2 saturated carbocycles. The summed E-state index contributed by atoms with van der Waals surface area (Å²) in [5, 5.41) is 8.73. The molecule has 0 aromatic heterocycles. The van der Waals surface area contributed by atoms with Gasteiger partial charge in [0.25, 0.3) is 0 Å². The van der Waals surface area contributed by atoms with Crippen molar-refractivity contribution in [1.29, 1.82) is 0 Å². The van der Waals surface area contributed by atoms with E-state index in [1.165, 1.54) is 0 Å². The van der Waals surface area contributed by atoms with Gasteiger partial charge < -0.3 is 19.3 Å². The van der Waals surface area contributed by atoms with Crippen LogP contribution in [0.1, 0.15) is 38.5 Å². The third-order valence-corrected chi connectivity index (χ3v) is 6.66. The molecule has 0 amide bonds. The molecule has 4 fully saturated rings. The lowest BCUT2D eigenvalue weighted by molar-refractivity contribution is -0.372. The molecule has 6 nitrogen and oxygen atoms in total. The van der Waals surface area contributed by atoms with Crippen LogP contribution in [-0.4, -0.2) is 72.3 Å². The van der Waals surface area contributed by atoms with E-state index in [0.717, 1.165) is 0 Å². The van der Waals surface area contributed by atoms with Crippen molar-refractivity contribution < 1.29 is 72.8 Å². The first-order valence-electron chi connectivity index (χ1n) is 10.3. The zero-order valence-corrected chi connectivity index (χ0v) is 17.7. The number of carboxylic acids is 1. The van der Waals surface area contributed by atoms with Gasteiger partial charge >= 0.3 is 41.7 Å². The van der Waals surface area contributed by atoms with Crippen molar-refractivity contribution in [2.45, 2.75) is 80.5 Å². The number of esters is 1. The fraction of sp³-hybridized carbons (Fsp3) is 0.895. The normalized spacial score (nSPS) is 33.1. The van der Waals surface area contributed by atoms with Gasteiger partial charge in [-0.05, 0) is 38.0 Å². The number of carbonyl (C=O) groups is 2. The van der Waals surface area contributed by atoms with E-state index in [0.29, 0.717) is 0 Å². The average Bonchev–Trinajstić information content (AvgIpc) is 2.68. The molecule has 2 unspecified atom stereocenters. The largest absolute Gasteiger partial charge is 0.481 e. The Morgan fingerprint density at radius 1 is 0.829 bits per heavy atom.